The molecule has 0 saturated carbocycles. The number of rotatable bonds is 6. The minimum atomic E-state index is -0.965. The predicted octanol–water partition coefficient (Wildman–Crippen LogP) is 4.30. The molecule has 1 aromatic heterocycles. The number of anilines is 1. The normalized spacial score (nSPS) is 16.5. The van der Waals surface area contributed by atoms with Crippen molar-refractivity contribution in [2.24, 2.45) is 0 Å². The van der Waals surface area contributed by atoms with E-state index in [1.807, 2.05) is 36.2 Å². The summed E-state index contributed by atoms with van der Waals surface area (Å²) in [5.74, 6) is -0.700. The minimum Gasteiger partial charge on any atom is -0.478 e. The van der Waals surface area contributed by atoms with Crippen LogP contribution in [0.15, 0.2) is 66.9 Å². The molecular formula is C24H24FN3O2. The third-order valence-corrected chi connectivity index (χ3v) is 5.71. The zero-order valence-electron chi connectivity index (χ0n) is 16.8. The molecule has 1 aliphatic rings. The maximum absolute atomic E-state index is 13.3. The van der Waals surface area contributed by atoms with Gasteiger partial charge in [-0.25, -0.2) is 14.2 Å². The lowest BCUT2D eigenvalue weighted by Crippen LogP contribution is -2.36. The number of aromatic nitrogens is 1. The molecular weight excluding hydrogens is 381 g/mol. The van der Waals surface area contributed by atoms with E-state index >= 15 is 0 Å². The van der Waals surface area contributed by atoms with Crippen LogP contribution in [0.5, 0.6) is 0 Å². The second-order valence-corrected chi connectivity index (χ2v) is 7.63. The first-order chi connectivity index (χ1) is 14.5. The van der Waals surface area contributed by atoms with Crippen LogP contribution in [0.1, 0.15) is 22.3 Å². The smallest absolute Gasteiger partial charge is 0.339 e. The van der Waals surface area contributed by atoms with Gasteiger partial charge in [-0.05, 0) is 47.4 Å². The van der Waals surface area contributed by atoms with Gasteiger partial charge < -0.3 is 10.0 Å². The van der Waals surface area contributed by atoms with Crippen LogP contribution in [0, 0.1) is 5.82 Å². The number of carbonyl (C=O) groups is 1. The summed E-state index contributed by atoms with van der Waals surface area (Å²) >= 11 is 0. The van der Waals surface area contributed by atoms with Gasteiger partial charge in [0.05, 0.1) is 0 Å². The molecule has 6 heteroatoms. The molecule has 2 heterocycles. The standard InChI is InChI=1S/C24H24FN3O2/c1-27(23-22(24(29)30)7-4-13-26-23)20-12-14-28(16-20)15-18-5-2-3-6-21(18)17-8-10-19(25)11-9-17/h2-11,13,20H,12,14-16H2,1H3,(H,29,30)/t20-/m1/s1. The summed E-state index contributed by atoms with van der Waals surface area (Å²) < 4.78 is 13.3. The molecule has 1 N–H and O–H groups in total. The number of carboxylic acid groups (broad SMARTS) is 1. The molecule has 4 rings (SSSR count). The molecule has 0 bridgehead atoms. The van der Waals surface area contributed by atoms with Gasteiger partial charge in [0.25, 0.3) is 0 Å². The van der Waals surface area contributed by atoms with E-state index in [1.165, 1.54) is 17.7 Å². The van der Waals surface area contributed by atoms with Crippen LogP contribution < -0.4 is 4.90 Å². The number of pyridine rings is 1. The maximum atomic E-state index is 13.3. The van der Waals surface area contributed by atoms with E-state index in [-0.39, 0.29) is 17.4 Å². The first-order valence-corrected chi connectivity index (χ1v) is 10.0. The van der Waals surface area contributed by atoms with Crippen LogP contribution in [-0.4, -0.2) is 47.1 Å². The second kappa shape index (κ2) is 8.63. The summed E-state index contributed by atoms with van der Waals surface area (Å²) in [6, 6.07) is 18.2. The maximum Gasteiger partial charge on any atom is 0.339 e. The number of halogens is 1. The van der Waals surface area contributed by atoms with Crippen molar-refractivity contribution >= 4 is 11.8 Å². The Bertz CT molecular complexity index is 1040. The Hall–Kier alpha value is -3.25. The first kappa shape index (κ1) is 20.0. The van der Waals surface area contributed by atoms with Gasteiger partial charge in [0.1, 0.15) is 17.2 Å². The summed E-state index contributed by atoms with van der Waals surface area (Å²) in [7, 11) is 1.91. The summed E-state index contributed by atoms with van der Waals surface area (Å²) in [6.45, 7) is 2.53. The van der Waals surface area contributed by atoms with Gasteiger partial charge in [0.2, 0.25) is 0 Å². The summed E-state index contributed by atoms with van der Waals surface area (Å²) in [5.41, 5.74) is 3.52. The summed E-state index contributed by atoms with van der Waals surface area (Å²) in [6.07, 6.45) is 2.56. The molecule has 2 aromatic carbocycles. The fraction of sp³-hybridized carbons (Fsp3) is 0.250. The van der Waals surface area contributed by atoms with Crippen molar-refractivity contribution in [3.8, 4) is 11.1 Å². The summed E-state index contributed by atoms with van der Waals surface area (Å²) in [5, 5.41) is 9.46. The van der Waals surface area contributed by atoms with Gasteiger partial charge in [-0.3, -0.25) is 4.90 Å². The topological polar surface area (TPSA) is 56.7 Å². The molecule has 1 aliphatic heterocycles. The number of carboxylic acids is 1. The highest BCUT2D eigenvalue weighted by atomic mass is 19.1. The number of hydrogen-bond acceptors (Lipinski definition) is 4. The quantitative estimate of drug-likeness (QED) is 0.663. The van der Waals surface area contributed by atoms with Crippen molar-refractivity contribution in [3.63, 3.8) is 0 Å². The van der Waals surface area contributed by atoms with E-state index in [9.17, 15) is 14.3 Å². The Morgan fingerprint density at radius 1 is 1.17 bits per heavy atom. The monoisotopic (exact) mass is 405 g/mol. The molecule has 30 heavy (non-hydrogen) atoms. The lowest BCUT2D eigenvalue weighted by atomic mass is 9.99. The molecule has 1 atom stereocenters. The van der Waals surface area contributed by atoms with Crippen molar-refractivity contribution < 1.29 is 14.3 Å². The highest BCUT2D eigenvalue weighted by molar-refractivity contribution is 5.93. The molecule has 1 saturated heterocycles. The Balaban J connectivity index is 1.49. The number of nitrogens with zero attached hydrogens (tertiary/aromatic N) is 3. The highest BCUT2D eigenvalue weighted by Gasteiger charge is 2.28. The Morgan fingerprint density at radius 2 is 1.93 bits per heavy atom. The van der Waals surface area contributed by atoms with E-state index in [4.69, 9.17) is 0 Å². The van der Waals surface area contributed by atoms with Crippen molar-refractivity contribution in [1.29, 1.82) is 0 Å². The van der Waals surface area contributed by atoms with Crippen LogP contribution >= 0.6 is 0 Å². The number of likely N-dealkylation sites (tertiary alicyclic amines) is 1. The molecule has 0 unspecified atom stereocenters. The lowest BCUT2D eigenvalue weighted by molar-refractivity contribution is 0.0697. The Morgan fingerprint density at radius 3 is 2.70 bits per heavy atom. The van der Waals surface area contributed by atoms with Crippen LogP contribution in [0.4, 0.5) is 10.2 Å². The molecule has 3 aromatic rings. The number of benzene rings is 2. The zero-order valence-corrected chi connectivity index (χ0v) is 16.8. The molecule has 0 radical (unpaired) electrons. The highest BCUT2D eigenvalue weighted by Crippen LogP contribution is 2.28. The zero-order chi connectivity index (χ0) is 21.1. The molecule has 5 nitrogen and oxygen atoms in total. The minimum absolute atomic E-state index is 0.191. The van der Waals surface area contributed by atoms with Gasteiger partial charge in [0, 0.05) is 38.9 Å². The molecule has 154 valence electrons. The van der Waals surface area contributed by atoms with E-state index in [1.54, 1.807) is 18.3 Å². The Kier molecular flexibility index (Phi) is 5.77. The SMILES string of the molecule is CN(c1ncccc1C(=O)O)[C@@H]1CCN(Cc2ccccc2-c2ccc(F)cc2)C1. The van der Waals surface area contributed by atoms with Gasteiger partial charge in [-0.15, -0.1) is 0 Å². The summed E-state index contributed by atoms with van der Waals surface area (Å²) in [4.78, 5) is 20.2. The van der Waals surface area contributed by atoms with E-state index in [0.717, 1.165) is 37.2 Å². The van der Waals surface area contributed by atoms with E-state index < -0.39 is 5.97 Å². The third kappa shape index (κ3) is 4.19. The second-order valence-electron chi connectivity index (χ2n) is 7.63. The van der Waals surface area contributed by atoms with Crippen molar-refractivity contribution in [2.45, 2.75) is 19.0 Å². The van der Waals surface area contributed by atoms with Gasteiger partial charge in [-0.2, -0.15) is 0 Å². The lowest BCUT2D eigenvalue weighted by Gasteiger charge is -2.27. The van der Waals surface area contributed by atoms with Gasteiger partial charge in [0.15, 0.2) is 0 Å². The largest absolute Gasteiger partial charge is 0.478 e. The molecule has 0 aliphatic carbocycles. The van der Waals surface area contributed by atoms with Crippen LogP contribution in [-0.2, 0) is 6.54 Å². The van der Waals surface area contributed by atoms with Crippen LogP contribution in [0.25, 0.3) is 11.1 Å². The molecule has 0 spiro atoms. The van der Waals surface area contributed by atoms with Crippen LogP contribution in [0.2, 0.25) is 0 Å². The van der Waals surface area contributed by atoms with Crippen molar-refractivity contribution in [2.75, 3.05) is 25.0 Å². The number of aromatic carboxylic acids is 1. The average Bonchev–Trinajstić information content (AvgIpc) is 3.23. The molecule has 0 amide bonds. The average molecular weight is 405 g/mol. The van der Waals surface area contributed by atoms with Crippen molar-refractivity contribution in [3.05, 3.63) is 83.8 Å². The molecule has 1 fully saturated rings. The third-order valence-electron chi connectivity index (χ3n) is 5.71. The predicted molar refractivity (Wildman–Crippen MR) is 115 cm³/mol. The van der Waals surface area contributed by atoms with Crippen molar-refractivity contribution in [1.82, 2.24) is 9.88 Å². The number of likely N-dealkylation sites (N-methyl/N-ethyl adjacent to an activating group) is 1. The van der Waals surface area contributed by atoms with E-state index in [0.29, 0.717) is 5.82 Å². The van der Waals surface area contributed by atoms with Gasteiger partial charge in [-0.1, -0.05) is 36.4 Å². The van der Waals surface area contributed by atoms with Crippen LogP contribution in [0.3, 0.4) is 0 Å². The Labute approximate surface area is 175 Å². The fourth-order valence-electron chi connectivity index (χ4n) is 4.10. The first-order valence-electron chi connectivity index (χ1n) is 10.0. The van der Waals surface area contributed by atoms with E-state index in [2.05, 4.69) is 22.0 Å². The number of hydrogen-bond donors (Lipinski definition) is 1. The van der Waals surface area contributed by atoms with Gasteiger partial charge >= 0.3 is 5.97 Å². The fourth-order valence-corrected chi connectivity index (χ4v) is 4.10.